The van der Waals surface area contributed by atoms with Gasteiger partial charge < -0.3 is 4.90 Å². The van der Waals surface area contributed by atoms with Gasteiger partial charge in [-0.3, -0.25) is 0 Å². The van der Waals surface area contributed by atoms with Crippen molar-refractivity contribution in [2.75, 3.05) is 18.5 Å². The molecule has 0 spiro atoms. The van der Waals surface area contributed by atoms with Crippen LogP contribution in [-0.2, 0) is 6.42 Å². The van der Waals surface area contributed by atoms with Gasteiger partial charge in [-0.1, -0.05) is 39.2 Å². The van der Waals surface area contributed by atoms with Gasteiger partial charge in [-0.2, -0.15) is 0 Å². The number of rotatable bonds is 3. The molecule has 21 heavy (non-hydrogen) atoms. The van der Waals surface area contributed by atoms with Gasteiger partial charge in [-0.15, -0.1) is 11.3 Å². The molecule has 3 heteroatoms. The van der Waals surface area contributed by atoms with Crippen LogP contribution in [0.2, 0.25) is 0 Å². The number of fused-ring (bicyclic) bond motifs is 1. The zero-order valence-corrected chi connectivity index (χ0v) is 14.2. The highest BCUT2D eigenvalue weighted by molar-refractivity contribution is 7.07. The maximum absolute atomic E-state index is 4.36. The highest BCUT2D eigenvalue weighted by Crippen LogP contribution is 2.30. The summed E-state index contributed by atoms with van der Waals surface area (Å²) in [5, 5.41) is 2.11. The second-order valence-corrected chi connectivity index (χ2v) is 6.31. The third kappa shape index (κ3) is 4.31. The summed E-state index contributed by atoms with van der Waals surface area (Å²) in [5.41, 5.74) is 7.07. The monoisotopic (exact) mass is 302 g/mol. The van der Waals surface area contributed by atoms with Crippen LogP contribution in [0, 0.1) is 0 Å². The molecule has 2 heterocycles. The van der Waals surface area contributed by atoms with E-state index in [2.05, 4.69) is 54.4 Å². The van der Waals surface area contributed by atoms with E-state index in [-0.39, 0.29) is 0 Å². The fourth-order valence-corrected chi connectivity index (χ4v) is 3.21. The van der Waals surface area contributed by atoms with Gasteiger partial charge in [0.25, 0.3) is 0 Å². The van der Waals surface area contributed by atoms with Gasteiger partial charge in [0.15, 0.2) is 0 Å². The van der Waals surface area contributed by atoms with Gasteiger partial charge in [0.05, 0.1) is 11.2 Å². The second-order valence-electron chi connectivity index (χ2n) is 5.60. The number of hydrogen-bond acceptors (Lipinski definition) is 3. The topological polar surface area (TPSA) is 16.1 Å². The van der Waals surface area contributed by atoms with Crippen LogP contribution in [0.3, 0.4) is 0 Å². The van der Waals surface area contributed by atoms with Gasteiger partial charge in [0.1, 0.15) is 0 Å². The summed E-state index contributed by atoms with van der Waals surface area (Å²) in [6.45, 7) is 5.59. The maximum Gasteiger partial charge on any atom is 0.0811 e. The second kappa shape index (κ2) is 8.18. The summed E-state index contributed by atoms with van der Waals surface area (Å²) in [4.78, 5) is 6.70. The standard InChI is InChI=1S/C13H14N2S.C5H12/c1-15-6-2-3-11-7-10(4-5-13(11)15)12-8-16-9-14-12;1-3-5-4-2/h4-5,7-9H,2-3,6H2,1H3;3-5H2,1-2H3. The van der Waals surface area contributed by atoms with Crippen LogP contribution in [0.1, 0.15) is 45.1 Å². The van der Waals surface area contributed by atoms with Gasteiger partial charge in [-0.05, 0) is 30.5 Å². The van der Waals surface area contributed by atoms with Crippen molar-refractivity contribution in [1.82, 2.24) is 4.98 Å². The Morgan fingerprint density at radius 2 is 2.05 bits per heavy atom. The molecule has 2 nitrogen and oxygen atoms in total. The molecule has 0 atom stereocenters. The largest absolute Gasteiger partial charge is 0.374 e. The van der Waals surface area contributed by atoms with Crippen LogP contribution in [-0.4, -0.2) is 18.6 Å². The van der Waals surface area contributed by atoms with Crippen molar-refractivity contribution < 1.29 is 0 Å². The van der Waals surface area contributed by atoms with Crippen LogP contribution in [0.25, 0.3) is 11.3 Å². The Hall–Kier alpha value is -1.35. The van der Waals surface area contributed by atoms with Crippen molar-refractivity contribution in [1.29, 1.82) is 0 Å². The summed E-state index contributed by atoms with van der Waals surface area (Å²) in [6, 6.07) is 6.69. The Morgan fingerprint density at radius 3 is 2.67 bits per heavy atom. The first kappa shape index (κ1) is 16.0. The quantitative estimate of drug-likeness (QED) is 0.755. The summed E-state index contributed by atoms with van der Waals surface area (Å²) >= 11 is 1.65. The number of hydrogen-bond donors (Lipinski definition) is 0. The average Bonchev–Trinajstić information content (AvgIpc) is 3.03. The predicted molar refractivity (Wildman–Crippen MR) is 94.3 cm³/mol. The lowest BCUT2D eigenvalue weighted by atomic mass is 9.99. The van der Waals surface area contributed by atoms with Crippen LogP contribution >= 0.6 is 11.3 Å². The van der Waals surface area contributed by atoms with E-state index in [0.717, 1.165) is 5.69 Å². The molecule has 3 rings (SSSR count). The first-order chi connectivity index (χ1) is 10.3. The molecule has 0 N–H and O–H groups in total. The van der Waals surface area contributed by atoms with Crippen molar-refractivity contribution in [2.45, 2.75) is 46.0 Å². The number of benzene rings is 1. The molecule has 2 aromatic rings. The first-order valence-electron chi connectivity index (χ1n) is 7.98. The fraction of sp³-hybridized carbons (Fsp3) is 0.500. The Balaban J connectivity index is 0.000000282. The number of aromatic nitrogens is 1. The van der Waals surface area contributed by atoms with Gasteiger partial charge in [0, 0.05) is 30.2 Å². The molecule has 0 bridgehead atoms. The smallest absolute Gasteiger partial charge is 0.0811 e. The number of anilines is 1. The summed E-state index contributed by atoms with van der Waals surface area (Å²) in [5.74, 6) is 0. The van der Waals surface area contributed by atoms with E-state index in [1.54, 1.807) is 11.3 Å². The van der Waals surface area contributed by atoms with Crippen LogP contribution < -0.4 is 4.90 Å². The summed E-state index contributed by atoms with van der Waals surface area (Å²) in [6.07, 6.45) is 6.52. The van der Waals surface area contributed by atoms with Crippen molar-refractivity contribution in [3.05, 3.63) is 34.7 Å². The Morgan fingerprint density at radius 1 is 1.24 bits per heavy atom. The van der Waals surface area contributed by atoms with Crippen LogP contribution in [0.15, 0.2) is 29.1 Å². The lowest BCUT2D eigenvalue weighted by Crippen LogP contribution is -2.24. The molecular weight excluding hydrogens is 276 g/mol. The van der Waals surface area contributed by atoms with Crippen molar-refractivity contribution in [2.24, 2.45) is 0 Å². The number of aryl methyl sites for hydroxylation is 1. The molecule has 0 radical (unpaired) electrons. The Labute approximate surface area is 132 Å². The fourth-order valence-electron chi connectivity index (χ4n) is 2.65. The molecule has 114 valence electrons. The highest BCUT2D eigenvalue weighted by Gasteiger charge is 2.14. The van der Waals surface area contributed by atoms with Gasteiger partial charge >= 0.3 is 0 Å². The van der Waals surface area contributed by atoms with E-state index in [4.69, 9.17) is 0 Å². The molecule has 1 aromatic carbocycles. The first-order valence-corrected chi connectivity index (χ1v) is 8.93. The third-order valence-electron chi connectivity index (χ3n) is 3.87. The number of thiazole rings is 1. The summed E-state index contributed by atoms with van der Waals surface area (Å²) < 4.78 is 0. The van der Waals surface area contributed by atoms with E-state index in [1.807, 2.05) is 5.51 Å². The molecule has 0 unspecified atom stereocenters. The molecular formula is C18H26N2S. The lowest BCUT2D eigenvalue weighted by Gasteiger charge is -2.27. The minimum Gasteiger partial charge on any atom is -0.374 e. The molecule has 1 aromatic heterocycles. The van der Waals surface area contributed by atoms with E-state index >= 15 is 0 Å². The van der Waals surface area contributed by atoms with Gasteiger partial charge in [-0.25, -0.2) is 4.98 Å². The number of nitrogens with zero attached hydrogens (tertiary/aromatic N) is 2. The minimum absolute atomic E-state index is 1.10. The zero-order chi connectivity index (χ0) is 15.1. The molecule has 1 aliphatic rings. The van der Waals surface area contributed by atoms with Crippen LogP contribution in [0.5, 0.6) is 0 Å². The van der Waals surface area contributed by atoms with Crippen molar-refractivity contribution in [3.8, 4) is 11.3 Å². The molecule has 1 aliphatic heterocycles. The molecule has 0 amide bonds. The normalized spacial score (nSPS) is 13.4. The minimum atomic E-state index is 1.10. The predicted octanol–water partition coefficient (Wildman–Crippen LogP) is 5.39. The van der Waals surface area contributed by atoms with Crippen LogP contribution in [0.4, 0.5) is 5.69 Å². The summed E-state index contributed by atoms with van der Waals surface area (Å²) in [7, 11) is 2.17. The van der Waals surface area contributed by atoms with E-state index in [1.165, 1.54) is 55.5 Å². The lowest BCUT2D eigenvalue weighted by molar-refractivity contribution is 0.745. The van der Waals surface area contributed by atoms with E-state index in [0.29, 0.717) is 0 Å². The van der Waals surface area contributed by atoms with Crippen molar-refractivity contribution in [3.63, 3.8) is 0 Å². The SMILES string of the molecule is CCCCC.CN1CCCc2cc(-c3cscn3)ccc21. The molecule has 0 saturated heterocycles. The molecule has 0 saturated carbocycles. The van der Waals surface area contributed by atoms with Gasteiger partial charge in [0.2, 0.25) is 0 Å². The number of unbranched alkanes of at least 4 members (excludes halogenated alkanes) is 2. The van der Waals surface area contributed by atoms with E-state index in [9.17, 15) is 0 Å². The van der Waals surface area contributed by atoms with E-state index < -0.39 is 0 Å². The zero-order valence-electron chi connectivity index (χ0n) is 13.4. The average molecular weight is 302 g/mol. The Kier molecular flexibility index (Phi) is 6.24. The molecule has 0 aliphatic carbocycles. The maximum atomic E-state index is 4.36. The molecule has 0 fully saturated rings. The van der Waals surface area contributed by atoms with Crippen molar-refractivity contribution >= 4 is 17.0 Å². The third-order valence-corrected chi connectivity index (χ3v) is 4.45. The Bertz CT molecular complexity index is 532. The highest BCUT2D eigenvalue weighted by atomic mass is 32.1.